The van der Waals surface area contributed by atoms with Gasteiger partial charge in [0.1, 0.15) is 5.75 Å². The second-order valence-electron chi connectivity index (χ2n) is 4.56. The van der Waals surface area contributed by atoms with Gasteiger partial charge in [0.05, 0.1) is 6.61 Å². The van der Waals surface area contributed by atoms with Crippen LogP contribution in [-0.4, -0.2) is 32.8 Å². The molecule has 0 aliphatic carbocycles. The minimum atomic E-state index is 0.0533. The lowest BCUT2D eigenvalue weighted by Crippen LogP contribution is -2.25. The van der Waals surface area contributed by atoms with Gasteiger partial charge in [0.2, 0.25) is 5.91 Å². The van der Waals surface area contributed by atoms with Gasteiger partial charge in [-0.1, -0.05) is 11.6 Å². The predicted octanol–water partition coefficient (Wildman–Crippen LogP) is 2.96. The lowest BCUT2D eigenvalue weighted by molar-refractivity contribution is -0.121. The molecule has 1 rings (SSSR count). The Balaban J connectivity index is 2.13. The molecule has 0 heterocycles. The highest BCUT2D eigenvalue weighted by Crippen LogP contribution is 2.21. The number of carbonyl (C=O) groups excluding carboxylic acids is 1. The van der Waals surface area contributed by atoms with Crippen LogP contribution in [0.25, 0.3) is 0 Å². The van der Waals surface area contributed by atoms with Crippen LogP contribution in [-0.2, 0) is 9.53 Å². The van der Waals surface area contributed by atoms with Crippen LogP contribution >= 0.6 is 11.6 Å². The molecule has 0 spiro atoms. The molecule has 0 bridgehead atoms. The summed E-state index contributed by atoms with van der Waals surface area (Å²) in [6, 6.07) is 5.51. The first kappa shape index (κ1) is 16.8. The van der Waals surface area contributed by atoms with Gasteiger partial charge in [0, 0.05) is 31.7 Å². The zero-order valence-electron chi connectivity index (χ0n) is 12.1. The number of carbonyl (C=O) groups is 1. The van der Waals surface area contributed by atoms with E-state index in [1.54, 1.807) is 13.2 Å². The highest BCUT2D eigenvalue weighted by atomic mass is 35.5. The molecule has 0 saturated carbocycles. The molecule has 20 heavy (non-hydrogen) atoms. The lowest BCUT2D eigenvalue weighted by atomic mass is 10.2. The van der Waals surface area contributed by atoms with Gasteiger partial charge in [0.15, 0.2) is 0 Å². The number of amides is 1. The third-order valence-electron chi connectivity index (χ3n) is 2.79. The van der Waals surface area contributed by atoms with E-state index in [9.17, 15) is 4.79 Å². The van der Waals surface area contributed by atoms with Crippen LogP contribution in [0.5, 0.6) is 5.75 Å². The van der Waals surface area contributed by atoms with Crippen LogP contribution in [0.1, 0.15) is 24.8 Å². The molecule has 0 aliphatic heterocycles. The molecule has 1 amide bonds. The number of hydrogen-bond acceptors (Lipinski definition) is 3. The maximum absolute atomic E-state index is 11.5. The van der Waals surface area contributed by atoms with Gasteiger partial charge < -0.3 is 14.8 Å². The zero-order chi connectivity index (χ0) is 14.8. The summed E-state index contributed by atoms with van der Waals surface area (Å²) in [7, 11) is 1.65. The molecule has 0 unspecified atom stereocenters. The average molecular weight is 300 g/mol. The number of hydrogen-bond donors (Lipinski definition) is 1. The molecule has 0 atom stereocenters. The predicted molar refractivity (Wildman–Crippen MR) is 80.4 cm³/mol. The van der Waals surface area contributed by atoms with E-state index in [-0.39, 0.29) is 5.91 Å². The van der Waals surface area contributed by atoms with Gasteiger partial charge >= 0.3 is 0 Å². The first-order valence-electron chi connectivity index (χ1n) is 6.78. The molecule has 0 aliphatic rings. The summed E-state index contributed by atoms with van der Waals surface area (Å²) in [6.07, 6.45) is 2.00. The van der Waals surface area contributed by atoms with Crippen molar-refractivity contribution in [2.24, 2.45) is 0 Å². The fourth-order valence-electron chi connectivity index (χ4n) is 1.72. The van der Waals surface area contributed by atoms with Crippen molar-refractivity contribution in [2.45, 2.75) is 26.2 Å². The third kappa shape index (κ3) is 6.78. The first-order valence-corrected chi connectivity index (χ1v) is 7.16. The second-order valence-corrected chi connectivity index (χ2v) is 4.99. The second kappa shape index (κ2) is 9.61. The molecule has 1 aromatic carbocycles. The Labute approximate surface area is 125 Å². The summed E-state index contributed by atoms with van der Waals surface area (Å²) in [6.45, 7) is 3.79. The van der Waals surface area contributed by atoms with Crippen molar-refractivity contribution >= 4 is 17.5 Å². The van der Waals surface area contributed by atoms with Crippen LogP contribution in [0.4, 0.5) is 0 Å². The van der Waals surface area contributed by atoms with Crippen molar-refractivity contribution in [3.8, 4) is 5.75 Å². The van der Waals surface area contributed by atoms with Crippen molar-refractivity contribution in [1.29, 1.82) is 0 Å². The topological polar surface area (TPSA) is 47.6 Å². The van der Waals surface area contributed by atoms with Crippen LogP contribution in [0.2, 0.25) is 5.02 Å². The summed E-state index contributed by atoms with van der Waals surface area (Å²) in [5.41, 5.74) is 1.00. The maximum atomic E-state index is 11.5. The fraction of sp³-hybridized carbons (Fsp3) is 0.533. The Morgan fingerprint density at radius 2 is 2.10 bits per heavy atom. The van der Waals surface area contributed by atoms with E-state index in [0.717, 1.165) is 17.7 Å². The minimum Gasteiger partial charge on any atom is -0.493 e. The summed E-state index contributed by atoms with van der Waals surface area (Å²) in [4.78, 5) is 11.5. The van der Waals surface area contributed by atoms with Crippen molar-refractivity contribution in [3.63, 3.8) is 0 Å². The first-order chi connectivity index (χ1) is 9.63. The molecular weight excluding hydrogens is 278 g/mol. The SMILES string of the molecule is COCCCNC(=O)CCCOc1ccc(Cl)cc1C. The van der Waals surface area contributed by atoms with E-state index in [4.69, 9.17) is 21.1 Å². The normalized spacial score (nSPS) is 10.3. The standard InChI is InChI=1S/C15H22ClNO3/c1-12-11-13(16)6-7-14(12)20-10-3-5-15(18)17-8-4-9-19-2/h6-7,11H,3-5,8-10H2,1-2H3,(H,17,18). The molecule has 0 aromatic heterocycles. The fourth-order valence-corrected chi connectivity index (χ4v) is 1.95. The number of nitrogens with one attached hydrogen (secondary N) is 1. The maximum Gasteiger partial charge on any atom is 0.220 e. The summed E-state index contributed by atoms with van der Waals surface area (Å²) in [5.74, 6) is 0.868. The summed E-state index contributed by atoms with van der Waals surface area (Å²) in [5, 5.41) is 3.54. The molecule has 4 nitrogen and oxygen atoms in total. The molecule has 0 radical (unpaired) electrons. The molecule has 0 fully saturated rings. The minimum absolute atomic E-state index is 0.0533. The molecule has 1 N–H and O–H groups in total. The number of rotatable bonds is 9. The van der Waals surface area contributed by atoms with E-state index < -0.39 is 0 Å². The van der Waals surface area contributed by atoms with E-state index >= 15 is 0 Å². The molecule has 0 saturated heterocycles. The number of aryl methyl sites for hydroxylation is 1. The van der Waals surface area contributed by atoms with Crippen LogP contribution < -0.4 is 10.1 Å². The summed E-state index contributed by atoms with van der Waals surface area (Å²) >= 11 is 5.87. The van der Waals surface area contributed by atoms with Gasteiger partial charge in [-0.05, 0) is 43.5 Å². The molecule has 5 heteroatoms. The van der Waals surface area contributed by atoms with Gasteiger partial charge in [-0.25, -0.2) is 0 Å². The van der Waals surface area contributed by atoms with Crippen molar-refractivity contribution in [2.75, 3.05) is 26.9 Å². The van der Waals surface area contributed by atoms with Crippen LogP contribution in [0, 0.1) is 6.92 Å². The quantitative estimate of drug-likeness (QED) is 0.713. The van der Waals surface area contributed by atoms with E-state index in [1.807, 2.05) is 19.1 Å². The molecule has 1 aromatic rings. The Hall–Kier alpha value is -1.26. The summed E-state index contributed by atoms with van der Waals surface area (Å²) < 4.78 is 10.5. The van der Waals surface area contributed by atoms with Crippen LogP contribution in [0.3, 0.4) is 0 Å². The lowest BCUT2D eigenvalue weighted by Gasteiger charge is -2.09. The third-order valence-corrected chi connectivity index (χ3v) is 3.03. The largest absolute Gasteiger partial charge is 0.493 e. The van der Waals surface area contributed by atoms with Gasteiger partial charge in [-0.3, -0.25) is 4.79 Å². The zero-order valence-corrected chi connectivity index (χ0v) is 12.8. The van der Waals surface area contributed by atoms with Crippen molar-refractivity contribution < 1.29 is 14.3 Å². The van der Waals surface area contributed by atoms with Gasteiger partial charge in [-0.15, -0.1) is 0 Å². The Bertz CT molecular complexity index is 424. The monoisotopic (exact) mass is 299 g/mol. The average Bonchev–Trinajstić information content (AvgIpc) is 2.41. The van der Waals surface area contributed by atoms with Crippen molar-refractivity contribution in [3.05, 3.63) is 28.8 Å². The Kier molecular flexibility index (Phi) is 8.07. The molecular formula is C15H22ClNO3. The van der Waals surface area contributed by atoms with E-state index in [1.165, 1.54) is 0 Å². The van der Waals surface area contributed by atoms with E-state index in [2.05, 4.69) is 5.32 Å². The smallest absolute Gasteiger partial charge is 0.220 e. The van der Waals surface area contributed by atoms with Gasteiger partial charge in [-0.2, -0.15) is 0 Å². The number of benzene rings is 1. The highest BCUT2D eigenvalue weighted by molar-refractivity contribution is 6.30. The Morgan fingerprint density at radius 3 is 2.80 bits per heavy atom. The van der Waals surface area contributed by atoms with Crippen molar-refractivity contribution in [1.82, 2.24) is 5.32 Å². The number of halogens is 1. The van der Waals surface area contributed by atoms with E-state index in [0.29, 0.717) is 37.6 Å². The van der Waals surface area contributed by atoms with Crippen LogP contribution in [0.15, 0.2) is 18.2 Å². The molecule has 112 valence electrons. The number of ether oxygens (including phenoxy) is 2. The number of methoxy groups -OCH3 is 1. The highest BCUT2D eigenvalue weighted by Gasteiger charge is 2.03. The Morgan fingerprint density at radius 1 is 1.30 bits per heavy atom. The van der Waals surface area contributed by atoms with Gasteiger partial charge in [0.25, 0.3) is 0 Å².